The minimum atomic E-state index is 0.229. The van der Waals surface area contributed by atoms with Crippen molar-refractivity contribution in [2.24, 2.45) is 0 Å². The number of hydrogen-bond acceptors (Lipinski definition) is 3. The van der Waals surface area contributed by atoms with Crippen LogP contribution in [0.5, 0.6) is 0 Å². The maximum absolute atomic E-state index is 5.54. The topological polar surface area (TPSA) is 15.7 Å². The molecule has 1 aliphatic heterocycles. The van der Waals surface area contributed by atoms with Gasteiger partial charge < -0.3 is 14.5 Å². The number of nitrogens with zero attached hydrogens (tertiary/aromatic N) is 2. The van der Waals surface area contributed by atoms with Gasteiger partial charge in [-0.1, -0.05) is 0 Å². The quantitative estimate of drug-likeness (QED) is 0.612. The average molecular weight is 184 g/mol. The van der Waals surface area contributed by atoms with Crippen LogP contribution in [0.25, 0.3) is 0 Å². The van der Waals surface area contributed by atoms with Gasteiger partial charge in [0.2, 0.25) is 0 Å². The summed E-state index contributed by atoms with van der Waals surface area (Å²) in [5, 5.41) is 0. The lowest BCUT2D eigenvalue weighted by atomic mass is 10.3. The summed E-state index contributed by atoms with van der Waals surface area (Å²) >= 11 is 0. The first kappa shape index (κ1) is 10.4. The molecule has 3 nitrogen and oxygen atoms in total. The van der Waals surface area contributed by atoms with Crippen LogP contribution >= 0.6 is 0 Å². The predicted molar refractivity (Wildman–Crippen MR) is 54.4 cm³/mol. The average Bonchev–Trinajstić information content (AvgIpc) is 2.04. The Morgan fingerprint density at radius 1 is 1.23 bits per heavy atom. The fourth-order valence-corrected chi connectivity index (χ4v) is 1.40. The van der Waals surface area contributed by atoms with Crippen LogP contribution in [0.2, 0.25) is 0 Å². The van der Waals surface area contributed by atoms with Crippen LogP contribution in [0.15, 0.2) is 12.5 Å². The molecule has 0 aromatic heterocycles. The zero-order valence-corrected chi connectivity index (χ0v) is 8.92. The maximum Gasteiger partial charge on any atom is 0.182 e. The Hall–Kier alpha value is -0.700. The molecule has 1 heterocycles. The van der Waals surface area contributed by atoms with Gasteiger partial charge in [0, 0.05) is 26.2 Å². The standard InChI is InChI=1S/C10H20N2O/c1-9(2)13-10(3)12-7-5-11(4)6-8-12/h9H,3,5-8H2,1-2,4H3. The van der Waals surface area contributed by atoms with Crippen LogP contribution in [-0.4, -0.2) is 49.1 Å². The van der Waals surface area contributed by atoms with E-state index in [9.17, 15) is 0 Å². The maximum atomic E-state index is 5.54. The summed E-state index contributed by atoms with van der Waals surface area (Å²) in [5.74, 6) is 0.822. The third kappa shape index (κ3) is 3.27. The van der Waals surface area contributed by atoms with Crippen molar-refractivity contribution in [3.63, 3.8) is 0 Å². The van der Waals surface area contributed by atoms with E-state index in [1.54, 1.807) is 0 Å². The lowest BCUT2D eigenvalue weighted by Crippen LogP contribution is -2.44. The third-order valence-corrected chi connectivity index (χ3v) is 2.23. The van der Waals surface area contributed by atoms with Crippen molar-refractivity contribution in [1.82, 2.24) is 9.80 Å². The first-order valence-electron chi connectivity index (χ1n) is 4.88. The van der Waals surface area contributed by atoms with Crippen LogP contribution in [-0.2, 0) is 4.74 Å². The molecule has 0 N–H and O–H groups in total. The number of ether oxygens (including phenoxy) is 1. The number of likely N-dealkylation sites (N-methyl/N-ethyl adjacent to an activating group) is 1. The van der Waals surface area contributed by atoms with Gasteiger partial charge in [-0.25, -0.2) is 0 Å². The van der Waals surface area contributed by atoms with Crippen molar-refractivity contribution in [3.05, 3.63) is 12.5 Å². The zero-order chi connectivity index (χ0) is 9.84. The number of hydrogen-bond donors (Lipinski definition) is 0. The van der Waals surface area contributed by atoms with E-state index in [0.29, 0.717) is 0 Å². The Labute approximate surface area is 81.0 Å². The summed E-state index contributed by atoms with van der Waals surface area (Å²) in [7, 11) is 2.14. The smallest absolute Gasteiger partial charge is 0.182 e. The van der Waals surface area contributed by atoms with Gasteiger partial charge in [0.05, 0.1) is 6.10 Å². The lowest BCUT2D eigenvalue weighted by molar-refractivity contribution is 0.0498. The molecule has 0 unspecified atom stereocenters. The molecule has 0 amide bonds. The molecule has 76 valence electrons. The molecule has 1 rings (SSSR count). The highest BCUT2D eigenvalue weighted by Crippen LogP contribution is 2.09. The van der Waals surface area contributed by atoms with Crippen molar-refractivity contribution >= 4 is 0 Å². The van der Waals surface area contributed by atoms with Crippen molar-refractivity contribution in [2.75, 3.05) is 33.2 Å². The summed E-state index contributed by atoms with van der Waals surface area (Å²) < 4.78 is 5.54. The first-order valence-corrected chi connectivity index (χ1v) is 4.88. The fourth-order valence-electron chi connectivity index (χ4n) is 1.40. The minimum absolute atomic E-state index is 0.229. The number of piperazine rings is 1. The second-order valence-corrected chi connectivity index (χ2v) is 3.85. The molecule has 0 saturated carbocycles. The Kier molecular flexibility index (Phi) is 3.60. The van der Waals surface area contributed by atoms with E-state index in [0.717, 1.165) is 32.1 Å². The van der Waals surface area contributed by atoms with Crippen LogP contribution in [0.4, 0.5) is 0 Å². The lowest BCUT2D eigenvalue weighted by Gasteiger charge is -2.35. The molecule has 1 fully saturated rings. The van der Waals surface area contributed by atoms with Gasteiger partial charge in [-0.05, 0) is 27.5 Å². The van der Waals surface area contributed by atoms with E-state index < -0.39 is 0 Å². The van der Waals surface area contributed by atoms with Gasteiger partial charge in [0.15, 0.2) is 5.88 Å². The van der Waals surface area contributed by atoms with Crippen molar-refractivity contribution in [1.29, 1.82) is 0 Å². The minimum Gasteiger partial charge on any atom is -0.477 e. The molecule has 0 atom stereocenters. The van der Waals surface area contributed by atoms with Crippen LogP contribution in [0, 0.1) is 0 Å². The molecule has 3 heteroatoms. The van der Waals surface area contributed by atoms with Gasteiger partial charge >= 0.3 is 0 Å². The highest BCUT2D eigenvalue weighted by molar-refractivity contribution is 4.87. The Balaban J connectivity index is 2.31. The van der Waals surface area contributed by atoms with Gasteiger partial charge in [-0.2, -0.15) is 0 Å². The summed E-state index contributed by atoms with van der Waals surface area (Å²) in [4.78, 5) is 4.53. The summed E-state index contributed by atoms with van der Waals surface area (Å²) in [6.45, 7) is 12.2. The van der Waals surface area contributed by atoms with E-state index in [2.05, 4.69) is 23.4 Å². The van der Waals surface area contributed by atoms with E-state index in [1.165, 1.54) is 0 Å². The molecule has 0 radical (unpaired) electrons. The van der Waals surface area contributed by atoms with Gasteiger partial charge in [0.25, 0.3) is 0 Å². The fraction of sp³-hybridized carbons (Fsp3) is 0.800. The van der Waals surface area contributed by atoms with Crippen molar-refractivity contribution in [3.8, 4) is 0 Å². The molecule has 0 aromatic rings. The van der Waals surface area contributed by atoms with Crippen molar-refractivity contribution < 1.29 is 4.74 Å². The molecular formula is C10H20N2O. The normalized spacial score (nSPS) is 19.2. The molecule has 1 aliphatic rings. The second kappa shape index (κ2) is 4.51. The number of rotatable bonds is 3. The summed E-state index contributed by atoms with van der Waals surface area (Å²) in [5.41, 5.74) is 0. The Bertz CT molecular complexity index is 172. The summed E-state index contributed by atoms with van der Waals surface area (Å²) in [6, 6.07) is 0. The summed E-state index contributed by atoms with van der Waals surface area (Å²) in [6.07, 6.45) is 0.229. The van der Waals surface area contributed by atoms with Crippen LogP contribution < -0.4 is 0 Å². The molecule has 13 heavy (non-hydrogen) atoms. The SMILES string of the molecule is C=C(OC(C)C)N1CCN(C)CC1. The molecule has 0 aliphatic carbocycles. The van der Waals surface area contributed by atoms with E-state index in [4.69, 9.17) is 4.74 Å². The largest absolute Gasteiger partial charge is 0.477 e. The monoisotopic (exact) mass is 184 g/mol. The van der Waals surface area contributed by atoms with Crippen LogP contribution in [0.1, 0.15) is 13.8 Å². The van der Waals surface area contributed by atoms with E-state index in [1.807, 2.05) is 13.8 Å². The zero-order valence-electron chi connectivity index (χ0n) is 8.92. The van der Waals surface area contributed by atoms with Crippen molar-refractivity contribution in [2.45, 2.75) is 20.0 Å². The second-order valence-electron chi connectivity index (χ2n) is 3.85. The van der Waals surface area contributed by atoms with Crippen LogP contribution in [0.3, 0.4) is 0 Å². The molecule has 0 aromatic carbocycles. The Morgan fingerprint density at radius 2 is 1.77 bits per heavy atom. The first-order chi connectivity index (χ1) is 6.09. The molecule has 0 bridgehead atoms. The van der Waals surface area contributed by atoms with Gasteiger partial charge in [0.1, 0.15) is 0 Å². The van der Waals surface area contributed by atoms with Gasteiger partial charge in [-0.3, -0.25) is 0 Å². The van der Waals surface area contributed by atoms with E-state index in [-0.39, 0.29) is 6.10 Å². The highest BCUT2D eigenvalue weighted by Gasteiger charge is 2.16. The third-order valence-electron chi connectivity index (χ3n) is 2.23. The Morgan fingerprint density at radius 3 is 2.23 bits per heavy atom. The molecular weight excluding hydrogens is 164 g/mol. The van der Waals surface area contributed by atoms with E-state index >= 15 is 0 Å². The predicted octanol–water partition coefficient (Wildman–Crippen LogP) is 1.13. The van der Waals surface area contributed by atoms with Gasteiger partial charge in [-0.15, -0.1) is 0 Å². The highest BCUT2D eigenvalue weighted by atomic mass is 16.5. The molecule has 0 spiro atoms. The molecule has 1 saturated heterocycles.